The van der Waals surface area contributed by atoms with Gasteiger partial charge in [-0.15, -0.1) is 0 Å². The Hall–Kier alpha value is -0.970. The second-order valence-electron chi connectivity index (χ2n) is 4.15. The topological polar surface area (TPSA) is 52.6 Å². The summed E-state index contributed by atoms with van der Waals surface area (Å²) >= 11 is 11.8. The summed E-state index contributed by atoms with van der Waals surface area (Å²) in [7, 11) is 0. The number of hydrogen-bond donors (Lipinski definition) is 2. The summed E-state index contributed by atoms with van der Waals surface area (Å²) in [4.78, 5) is 13.5. The van der Waals surface area contributed by atoms with E-state index in [0.29, 0.717) is 23.1 Å². The van der Waals surface area contributed by atoms with Crippen molar-refractivity contribution in [3.63, 3.8) is 0 Å². The van der Waals surface area contributed by atoms with Crippen LogP contribution in [0.2, 0.25) is 10.0 Å². The lowest BCUT2D eigenvalue weighted by Gasteiger charge is -2.23. The molecule has 0 aliphatic carbocycles. The Morgan fingerprint density at radius 3 is 2.63 bits per heavy atom. The zero-order chi connectivity index (χ0) is 14.4. The number of urea groups is 1. The highest BCUT2D eigenvalue weighted by molar-refractivity contribution is 6.42. The van der Waals surface area contributed by atoms with Crippen molar-refractivity contribution in [2.24, 2.45) is 0 Å². The first-order valence-corrected chi connectivity index (χ1v) is 6.86. The number of rotatable bonds is 5. The highest BCUT2D eigenvalue weighted by atomic mass is 35.5. The summed E-state index contributed by atoms with van der Waals surface area (Å²) in [5.41, 5.74) is 0.878. The lowest BCUT2D eigenvalue weighted by molar-refractivity contribution is 0.178. The molecule has 1 unspecified atom stereocenters. The Morgan fingerprint density at radius 1 is 1.42 bits per heavy atom. The number of nitrogens with zero attached hydrogens (tertiary/aromatic N) is 1. The Morgan fingerprint density at radius 2 is 2.11 bits per heavy atom. The fourth-order valence-electron chi connectivity index (χ4n) is 1.67. The maximum atomic E-state index is 11.9. The van der Waals surface area contributed by atoms with Crippen LogP contribution >= 0.6 is 23.2 Å². The summed E-state index contributed by atoms with van der Waals surface area (Å²) in [6, 6.07) is 4.86. The molecule has 106 valence electrons. The molecule has 6 heteroatoms. The van der Waals surface area contributed by atoms with Crippen LogP contribution < -0.4 is 5.32 Å². The molecule has 0 bridgehead atoms. The fraction of sp³-hybridized carbons (Fsp3) is 0.462. The summed E-state index contributed by atoms with van der Waals surface area (Å²) in [5, 5.41) is 12.7. The average molecular weight is 305 g/mol. The van der Waals surface area contributed by atoms with Gasteiger partial charge in [-0.05, 0) is 31.5 Å². The van der Waals surface area contributed by atoms with E-state index >= 15 is 0 Å². The van der Waals surface area contributed by atoms with Crippen LogP contribution in [0.5, 0.6) is 0 Å². The molecule has 1 rings (SSSR count). The number of aliphatic hydroxyl groups is 1. The summed E-state index contributed by atoms with van der Waals surface area (Å²) in [5.74, 6) is 0. The molecule has 0 aliphatic rings. The second-order valence-corrected chi connectivity index (χ2v) is 4.96. The lowest BCUT2D eigenvalue weighted by atomic mass is 10.1. The molecule has 2 N–H and O–H groups in total. The normalized spacial score (nSPS) is 12.1. The van der Waals surface area contributed by atoms with Gasteiger partial charge in [0.2, 0.25) is 0 Å². The predicted octanol–water partition coefficient (Wildman–Crippen LogP) is 3.08. The third kappa shape index (κ3) is 4.56. The van der Waals surface area contributed by atoms with Crippen LogP contribution in [0.1, 0.15) is 25.5 Å². The molecule has 0 heterocycles. The number of nitrogens with one attached hydrogen (secondary N) is 1. The quantitative estimate of drug-likeness (QED) is 0.878. The molecule has 0 spiro atoms. The number of carbonyl (C=O) groups excluding carboxylic acids is 1. The van der Waals surface area contributed by atoms with Gasteiger partial charge < -0.3 is 15.3 Å². The number of likely N-dealkylation sites (N-methyl/N-ethyl adjacent to an activating group) is 1. The van der Waals surface area contributed by atoms with Crippen molar-refractivity contribution in [2.45, 2.75) is 19.9 Å². The Labute approximate surface area is 123 Å². The lowest BCUT2D eigenvalue weighted by Crippen LogP contribution is -2.42. The standard InChI is InChI=1S/C13H18Cl2N2O2/c1-3-17(6-7-18)13(19)16-9(2)10-4-5-11(14)12(15)8-10/h4-5,8-9,18H,3,6-7H2,1-2H3,(H,16,19). The largest absolute Gasteiger partial charge is 0.395 e. The van der Waals surface area contributed by atoms with E-state index in [4.69, 9.17) is 28.3 Å². The van der Waals surface area contributed by atoms with Crippen molar-refractivity contribution in [1.29, 1.82) is 0 Å². The van der Waals surface area contributed by atoms with Gasteiger partial charge in [0.1, 0.15) is 0 Å². The van der Waals surface area contributed by atoms with Crippen LogP contribution in [-0.4, -0.2) is 35.7 Å². The van der Waals surface area contributed by atoms with Crippen molar-refractivity contribution in [3.8, 4) is 0 Å². The molecule has 1 atom stereocenters. The molecule has 4 nitrogen and oxygen atoms in total. The smallest absolute Gasteiger partial charge is 0.317 e. The van der Waals surface area contributed by atoms with E-state index in [-0.39, 0.29) is 18.7 Å². The number of carbonyl (C=O) groups is 1. The van der Waals surface area contributed by atoms with Gasteiger partial charge in [0.15, 0.2) is 0 Å². The van der Waals surface area contributed by atoms with Gasteiger partial charge in [-0.3, -0.25) is 0 Å². The molecule has 1 aromatic carbocycles. The maximum Gasteiger partial charge on any atom is 0.317 e. The van der Waals surface area contributed by atoms with Crippen LogP contribution in [0.25, 0.3) is 0 Å². The fourth-order valence-corrected chi connectivity index (χ4v) is 1.97. The summed E-state index contributed by atoms with van der Waals surface area (Å²) in [6.07, 6.45) is 0. The highest BCUT2D eigenvalue weighted by Gasteiger charge is 2.15. The van der Waals surface area contributed by atoms with Crippen LogP contribution in [0.3, 0.4) is 0 Å². The number of benzene rings is 1. The van der Waals surface area contributed by atoms with E-state index in [1.54, 1.807) is 12.1 Å². The molecule has 0 aromatic heterocycles. The van der Waals surface area contributed by atoms with Gasteiger partial charge in [-0.25, -0.2) is 4.79 Å². The Kier molecular flexibility index (Phi) is 6.42. The van der Waals surface area contributed by atoms with E-state index in [2.05, 4.69) is 5.32 Å². The van der Waals surface area contributed by atoms with E-state index < -0.39 is 0 Å². The molecule has 2 amide bonds. The summed E-state index contributed by atoms with van der Waals surface area (Å²) < 4.78 is 0. The number of amides is 2. The van der Waals surface area contributed by atoms with Crippen molar-refractivity contribution in [1.82, 2.24) is 10.2 Å². The second kappa shape index (κ2) is 7.58. The molecule has 0 aliphatic heterocycles. The average Bonchev–Trinajstić information content (AvgIpc) is 2.38. The zero-order valence-corrected chi connectivity index (χ0v) is 12.5. The van der Waals surface area contributed by atoms with Crippen LogP contribution in [0, 0.1) is 0 Å². The molecule has 0 radical (unpaired) electrons. The van der Waals surface area contributed by atoms with Gasteiger partial charge in [0.05, 0.1) is 22.7 Å². The minimum atomic E-state index is -0.213. The predicted molar refractivity (Wildman–Crippen MR) is 77.7 cm³/mol. The molecule has 0 saturated heterocycles. The first kappa shape index (κ1) is 16.1. The number of aliphatic hydroxyl groups excluding tert-OH is 1. The zero-order valence-electron chi connectivity index (χ0n) is 11.0. The van der Waals surface area contributed by atoms with Crippen LogP contribution in [0.4, 0.5) is 4.79 Å². The van der Waals surface area contributed by atoms with Crippen molar-refractivity contribution in [2.75, 3.05) is 19.7 Å². The highest BCUT2D eigenvalue weighted by Crippen LogP contribution is 2.25. The molecule has 0 fully saturated rings. The number of hydrogen-bond acceptors (Lipinski definition) is 2. The van der Waals surface area contributed by atoms with Gasteiger partial charge in [0.25, 0.3) is 0 Å². The minimum Gasteiger partial charge on any atom is -0.395 e. The maximum absolute atomic E-state index is 11.9. The third-order valence-corrected chi connectivity index (χ3v) is 3.56. The van der Waals surface area contributed by atoms with Gasteiger partial charge in [0, 0.05) is 13.1 Å². The molecular formula is C13H18Cl2N2O2. The van der Waals surface area contributed by atoms with Crippen molar-refractivity contribution < 1.29 is 9.90 Å². The molecule has 0 saturated carbocycles. The number of halogens is 2. The molecular weight excluding hydrogens is 287 g/mol. The van der Waals surface area contributed by atoms with E-state index in [1.165, 1.54) is 4.90 Å². The van der Waals surface area contributed by atoms with Crippen molar-refractivity contribution >= 4 is 29.2 Å². The monoisotopic (exact) mass is 304 g/mol. The van der Waals surface area contributed by atoms with Crippen LogP contribution in [0.15, 0.2) is 18.2 Å². The minimum absolute atomic E-state index is 0.0532. The first-order chi connectivity index (χ1) is 8.99. The van der Waals surface area contributed by atoms with E-state index in [0.717, 1.165) is 5.56 Å². The molecule has 19 heavy (non-hydrogen) atoms. The summed E-state index contributed by atoms with van der Waals surface area (Å²) in [6.45, 7) is 4.53. The van der Waals surface area contributed by atoms with Gasteiger partial charge >= 0.3 is 6.03 Å². The van der Waals surface area contributed by atoms with Gasteiger partial charge in [-0.2, -0.15) is 0 Å². The third-order valence-electron chi connectivity index (χ3n) is 2.82. The Balaban J connectivity index is 2.70. The van der Waals surface area contributed by atoms with E-state index in [9.17, 15) is 4.79 Å². The van der Waals surface area contributed by atoms with Crippen LogP contribution in [-0.2, 0) is 0 Å². The Bertz CT molecular complexity index is 441. The van der Waals surface area contributed by atoms with Crippen molar-refractivity contribution in [3.05, 3.63) is 33.8 Å². The SMILES string of the molecule is CCN(CCO)C(=O)NC(C)c1ccc(Cl)c(Cl)c1. The first-order valence-electron chi connectivity index (χ1n) is 6.10. The molecule has 1 aromatic rings. The van der Waals surface area contributed by atoms with Gasteiger partial charge in [-0.1, -0.05) is 29.3 Å². The van der Waals surface area contributed by atoms with E-state index in [1.807, 2.05) is 19.9 Å².